The highest BCUT2D eigenvalue weighted by molar-refractivity contribution is 6.36. The van der Waals surface area contributed by atoms with E-state index in [1.165, 1.54) is 6.42 Å². The van der Waals surface area contributed by atoms with Crippen molar-refractivity contribution < 1.29 is 4.74 Å². The molecule has 1 aromatic rings. The second kappa shape index (κ2) is 4.83. The van der Waals surface area contributed by atoms with E-state index in [-0.39, 0.29) is 5.41 Å². The smallest absolute Gasteiger partial charge is 0.0693 e. The van der Waals surface area contributed by atoms with Crippen LogP contribution in [0.3, 0.4) is 0 Å². The van der Waals surface area contributed by atoms with E-state index >= 15 is 0 Å². The number of hydrogen-bond donors (Lipinski definition) is 1. The Morgan fingerprint density at radius 1 is 1.32 bits per heavy atom. The molecule has 1 aliphatic carbocycles. The number of anilines is 1. The molecule has 3 rings (SSSR count). The molecule has 0 aromatic heterocycles. The molecule has 0 amide bonds. The molecule has 3 unspecified atom stereocenters. The molecule has 2 nitrogen and oxygen atoms in total. The summed E-state index contributed by atoms with van der Waals surface area (Å²) in [5.74, 6) is 0.593. The molecule has 3 atom stereocenters. The van der Waals surface area contributed by atoms with Crippen molar-refractivity contribution >= 4 is 28.9 Å². The summed E-state index contributed by atoms with van der Waals surface area (Å²) in [6, 6.07) is 6.02. The van der Waals surface area contributed by atoms with Gasteiger partial charge in [0.15, 0.2) is 0 Å². The lowest BCUT2D eigenvalue weighted by atomic mass is 9.55. The first-order valence-corrected chi connectivity index (χ1v) is 7.59. The highest BCUT2D eigenvalue weighted by Gasteiger charge is 2.57. The monoisotopic (exact) mass is 299 g/mol. The van der Waals surface area contributed by atoms with Gasteiger partial charge >= 0.3 is 0 Å². The molecule has 19 heavy (non-hydrogen) atoms. The van der Waals surface area contributed by atoms with Crippen LogP contribution < -0.4 is 5.32 Å². The van der Waals surface area contributed by atoms with Crippen LogP contribution in [0.2, 0.25) is 10.0 Å². The molecule has 1 saturated carbocycles. The maximum atomic E-state index is 6.24. The Kier molecular flexibility index (Phi) is 3.45. The molecular weight excluding hydrogens is 281 g/mol. The third-order valence-corrected chi connectivity index (χ3v) is 5.12. The Balaban J connectivity index is 1.79. The molecule has 1 saturated heterocycles. The molecule has 1 N–H and O–H groups in total. The summed E-state index contributed by atoms with van der Waals surface area (Å²) in [4.78, 5) is 0. The number of fused-ring (bicyclic) bond motifs is 1. The number of rotatable bonds is 2. The van der Waals surface area contributed by atoms with Crippen molar-refractivity contribution in [2.45, 2.75) is 38.8 Å². The quantitative estimate of drug-likeness (QED) is 0.861. The maximum Gasteiger partial charge on any atom is 0.0693 e. The lowest BCUT2D eigenvalue weighted by Gasteiger charge is -2.60. The molecular formula is C15H19Cl2NO. The number of nitrogens with one attached hydrogen (secondary N) is 1. The molecule has 0 bridgehead atoms. The lowest BCUT2D eigenvalue weighted by molar-refractivity contribution is -0.177. The summed E-state index contributed by atoms with van der Waals surface area (Å²) < 4.78 is 5.92. The highest BCUT2D eigenvalue weighted by atomic mass is 35.5. The largest absolute Gasteiger partial charge is 0.380 e. The van der Waals surface area contributed by atoms with Crippen molar-refractivity contribution in [3.8, 4) is 0 Å². The van der Waals surface area contributed by atoms with Crippen LogP contribution in [-0.4, -0.2) is 18.8 Å². The van der Waals surface area contributed by atoms with Gasteiger partial charge in [-0.25, -0.2) is 0 Å². The normalized spacial score (nSPS) is 32.3. The first kappa shape index (κ1) is 13.5. The zero-order valence-corrected chi connectivity index (χ0v) is 12.8. The summed E-state index contributed by atoms with van der Waals surface area (Å²) in [6.07, 6.45) is 2.77. The first-order chi connectivity index (χ1) is 9.00. The van der Waals surface area contributed by atoms with Crippen molar-refractivity contribution in [3.05, 3.63) is 28.2 Å². The summed E-state index contributed by atoms with van der Waals surface area (Å²) in [6.45, 7) is 5.43. The fourth-order valence-corrected chi connectivity index (χ4v) is 4.05. The molecule has 1 aromatic carbocycles. The van der Waals surface area contributed by atoms with E-state index in [4.69, 9.17) is 27.9 Å². The highest BCUT2D eigenvalue weighted by Crippen LogP contribution is 2.52. The fourth-order valence-electron chi connectivity index (χ4n) is 3.59. The number of benzene rings is 1. The van der Waals surface area contributed by atoms with E-state index in [1.807, 2.05) is 12.1 Å². The van der Waals surface area contributed by atoms with Gasteiger partial charge in [-0.1, -0.05) is 37.0 Å². The van der Waals surface area contributed by atoms with Crippen LogP contribution in [0.5, 0.6) is 0 Å². The van der Waals surface area contributed by atoms with Crippen molar-refractivity contribution in [1.82, 2.24) is 0 Å². The van der Waals surface area contributed by atoms with Gasteiger partial charge in [-0.3, -0.25) is 0 Å². The second-order valence-corrected chi connectivity index (χ2v) is 7.01. The van der Waals surface area contributed by atoms with E-state index in [9.17, 15) is 0 Å². The van der Waals surface area contributed by atoms with Crippen LogP contribution in [0.1, 0.15) is 26.7 Å². The molecule has 1 aliphatic heterocycles. The third-order valence-electron chi connectivity index (χ3n) is 4.57. The first-order valence-electron chi connectivity index (χ1n) is 6.83. The Hall–Kier alpha value is -0.440. The van der Waals surface area contributed by atoms with Gasteiger partial charge in [-0.2, -0.15) is 0 Å². The van der Waals surface area contributed by atoms with Crippen LogP contribution in [0, 0.1) is 11.3 Å². The van der Waals surface area contributed by atoms with Crippen LogP contribution in [-0.2, 0) is 4.74 Å². The summed E-state index contributed by atoms with van der Waals surface area (Å²) in [5, 5.41) is 4.95. The average molecular weight is 300 g/mol. The Morgan fingerprint density at radius 2 is 2.11 bits per heavy atom. The van der Waals surface area contributed by atoms with E-state index in [0.717, 1.165) is 18.7 Å². The van der Waals surface area contributed by atoms with Gasteiger partial charge in [-0.15, -0.1) is 0 Å². The van der Waals surface area contributed by atoms with Gasteiger partial charge in [-0.05, 0) is 31.0 Å². The van der Waals surface area contributed by atoms with Gasteiger partial charge in [0.2, 0.25) is 0 Å². The molecule has 0 spiro atoms. The molecule has 0 radical (unpaired) electrons. The van der Waals surface area contributed by atoms with Gasteiger partial charge < -0.3 is 10.1 Å². The van der Waals surface area contributed by atoms with Crippen molar-refractivity contribution in [3.63, 3.8) is 0 Å². The minimum atomic E-state index is 0.147. The Bertz CT molecular complexity index is 489. The topological polar surface area (TPSA) is 21.3 Å². The Labute approximate surface area is 124 Å². The minimum Gasteiger partial charge on any atom is -0.380 e. The molecule has 2 fully saturated rings. The van der Waals surface area contributed by atoms with E-state index in [0.29, 0.717) is 28.1 Å². The van der Waals surface area contributed by atoms with Crippen LogP contribution in [0.15, 0.2) is 18.2 Å². The van der Waals surface area contributed by atoms with Crippen LogP contribution >= 0.6 is 23.2 Å². The Morgan fingerprint density at radius 3 is 2.84 bits per heavy atom. The predicted molar refractivity (Wildman–Crippen MR) is 80.1 cm³/mol. The summed E-state index contributed by atoms with van der Waals surface area (Å²) >= 11 is 12.2. The average Bonchev–Trinajstić information content (AvgIpc) is 2.37. The number of halogens is 2. The number of ether oxygens (including phenoxy) is 1. The summed E-state index contributed by atoms with van der Waals surface area (Å²) in [5.41, 5.74) is 1.11. The lowest BCUT2D eigenvalue weighted by Crippen LogP contribution is -2.67. The van der Waals surface area contributed by atoms with E-state index < -0.39 is 0 Å². The van der Waals surface area contributed by atoms with E-state index in [1.54, 1.807) is 6.07 Å². The van der Waals surface area contributed by atoms with Gasteiger partial charge in [0.1, 0.15) is 0 Å². The number of hydrogen-bond acceptors (Lipinski definition) is 2. The van der Waals surface area contributed by atoms with Crippen molar-refractivity contribution in [2.24, 2.45) is 11.3 Å². The maximum absolute atomic E-state index is 6.24. The SMILES string of the molecule is CC1(C)C(Nc2ccc(Cl)cc2Cl)C2CCCOC21. The summed E-state index contributed by atoms with van der Waals surface area (Å²) in [7, 11) is 0. The predicted octanol–water partition coefficient (Wildman–Crippen LogP) is 4.61. The second-order valence-electron chi connectivity index (χ2n) is 6.17. The zero-order chi connectivity index (χ0) is 13.6. The van der Waals surface area contributed by atoms with Crippen LogP contribution in [0.25, 0.3) is 0 Å². The standard InChI is InChI=1S/C15H19Cl2NO/c1-15(2)13(10-4-3-7-19-14(10)15)18-12-6-5-9(16)8-11(12)17/h5-6,8,10,13-14,18H,3-4,7H2,1-2H3. The zero-order valence-electron chi connectivity index (χ0n) is 11.2. The van der Waals surface area contributed by atoms with Gasteiger partial charge in [0, 0.05) is 29.0 Å². The molecule has 1 heterocycles. The fraction of sp³-hybridized carbons (Fsp3) is 0.600. The van der Waals surface area contributed by atoms with Crippen molar-refractivity contribution in [1.29, 1.82) is 0 Å². The van der Waals surface area contributed by atoms with E-state index in [2.05, 4.69) is 19.2 Å². The third kappa shape index (κ3) is 2.24. The van der Waals surface area contributed by atoms with Crippen LogP contribution in [0.4, 0.5) is 5.69 Å². The molecule has 4 heteroatoms. The van der Waals surface area contributed by atoms with Gasteiger partial charge in [0.05, 0.1) is 16.8 Å². The molecule has 2 aliphatic rings. The van der Waals surface area contributed by atoms with Crippen molar-refractivity contribution in [2.75, 3.05) is 11.9 Å². The minimum absolute atomic E-state index is 0.147. The van der Waals surface area contributed by atoms with Gasteiger partial charge in [0.25, 0.3) is 0 Å². The molecule has 104 valence electrons.